The lowest BCUT2D eigenvalue weighted by atomic mass is 10.3. The van der Waals surface area contributed by atoms with Crippen molar-refractivity contribution in [2.24, 2.45) is 5.14 Å². The van der Waals surface area contributed by atoms with E-state index in [0.717, 1.165) is 6.07 Å². The predicted octanol–water partition coefficient (Wildman–Crippen LogP) is 1.18. The third-order valence-electron chi connectivity index (χ3n) is 1.61. The maximum absolute atomic E-state index is 12.4. The summed E-state index contributed by atoms with van der Waals surface area (Å²) in [7, 11) is -4.55. The highest BCUT2D eigenvalue weighted by Crippen LogP contribution is 2.30. The van der Waals surface area contributed by atoms with Crippen molar-refractivity contribution in [1.29, 1.82) is 0 Å². The van der Waals surface area contributed by atoms with Gasteiger partial charge in [0.1, 0.15) is 5.69 Å². The van der Waals surface area contributed by atoms with Crippen molar-refractivity contribution >= 4 is 38.3 Å². The highest BCUT2D eigenvalue weighted by atomic mass is 127. The molecule has 0 radical (unpaired) electrons. The fourth-order valence-corrected chi connectivity index (χ4v) is 2.62. The fourth-order valence-electron chi connectivity index (χ4n) is 0.978. The van der Waals surface area contributed by atoms with Crippen LogP contribution in [0.4, 0.5) is 14.5 Å². The molecule has 0 aliphatic heterocycles. The van der Waals surface area contributed by atoms with Gasteiger partial charge in [0.2, 0.25) is 5.03 Å². The van der Waals surface area contributed by atoms with E-state index < -0.39 is 37.8 Å². The minimum Gasteiger partial charge on any atom is -0.258 e. The molecule has 0 amide bonds. The van der Waals surface area contributed by atoms with E-state index in [1.54, 1.807) is 0 Å². The van der Waals surface area contributed by atoms with E-state index in [1.165, 1.54) is 22.6 Å². The molecule has 0 aliphatic rings. The lowest BCUT2D eigenvalue weighted by Crippen LogP contribution is -2.18. The molecule has 0 aromatic carbocycles. The summed E-state index contributed by atoms with van der Waals surface area (Å²) in [5.74, 6) is 0. The summed E-state index contributed by atoms with van der Waals surface area (Å²) >= 11 is 1.37. The number of hydrogen-bond donors (Lipinski definition) is 1. The molecule has 0 aliphatic carbocycles. The van der Waals surface area contributed by atoms with Gasteiger partial charge in [-0.1, -0.05) is 0 Å². The van der Waals surface area contributed by atoms with E-state index in [4.69, 9.17) is 5.14 Å². The Kier molecular flexibility index (Phi) is 3.93. The summed E-state index contributed by atoms with van der Waals surface area (Å²) in [6, 6.07) is 0.734. The van der Waals surface area contributed by atoms with E-state index in [0.29, 0.717) is 0 Å². The number of nitro groups is 1. The third kappa shape index (κ3) is 3.04. The molecule has 1 aromatic heterocycles. The van der Waals surface area contributed by atoms with Crippen LogP contribution in [0, 0.1) is 13.7 Å². The SMILES string of the molecule is NS(=O)(=O)c1nc(C(F)F)cc(I)c1[N+](=O)[O-]. The monoisotopic (exact) mass is 379 g/mol. The van der Waals surface area contributed by atoms with Gasteiger partial charge in [-0.25, -0.2) is 27.3 Å². The first kappa shape index (κ1) is 14.1. The molecule has 1 rings (SSSR count). The van der Waals surface area contributed by atoms with E-state index in [9.17, 15) is 27.3 Å². The number of halogens is 3. The lowest BCUT2D eigenvalue weighted by Gasteiger charge is -2.05. The minimum atomic E-state index is -4.55. The average molecular weight is 379 g/mol. The van der Waals surface area contributed by atoms with Crippen LogP contribution in [-0.2, 0) is 10.0 Å². The molecule has 1 aromatic rings. The zero-order valence-corrected chi connectivity index (χ0v) is 10.8. The molecular formula is C6H4F2IN3O4S. The van der Waals surface area contributed by atoms with Crippen LogP contribution in [0.1, 0.15) is 12.1 Å². The lowest BCUT2D eigenvalue weighted by molar-refractivity contribution is -0.389. The Labute approximate surface area is 107 Å². The van der Waals surface area contributed by atoms with E-state index in [-0.39, 0.29) is 3.57 Å². The Balaban J connectivity index is 3.69. The van der Waals surface area contributed by atoms with Crippen molar-refractivity contribution < 1.29 is 22.1 Å². The van der Waals surface area contributed by atoms with Crippen LogP contribution in [0.3, 0.4) is 0 Å². The van der Waals surface area contributed by atoms with E-state index >= 15 is 0 Å². The van der Waals surface area contributed by atoms with Gasteiger partial charge in [-0.3, -0.25) is 10.1 Å². The van der Waals surface area contributed by atoms with Gasteiger partial charge in [-0.05, 0) is 28.7 Å². The highest BCUT2D eigenvalue weighted by Gasteiger charge is 2.30. The number of nitrogens with zero attached hydrogens (tertiary/aromatic N) is 2. The first-order valence-corrected chi connectivity index (χ1v) is 6.43. The number of hydrogen-bond acceptors (Lipinski definition) is 5. The molecule has 17 heavy (non-hydrogen) atoms. The Morgan fingerprint density at radius 3 is 2.41 bits per heavy atom. The molecule has 0 atom stereocenters. The summed E-state index contributed by atoms with van der Waals surface area (Å²) in [6.07, 6.45) is -3.05. The van der Waals surface area contributed by atoms with Crippen LogP contribution >= 0.6 is 22.6 Å². The van der Waals surface area contributed by atoms with Crippen molar-refractivity contribution in [3.8, 4) is 0 Å². The summed E-state index contributed by atoms with van der Waals surface area (Å²) in [5.41, 5.74) is -1.79. The van der Waals surface area contributed by atoms with Crippen LogP contribution in [0.2, 0.25) is 0 Å². The minimum absolute atomic E-state index is 0.276. The number of alkyl halides is 2. The van der Waals surface area contributed by atoms with Crippen LogP contribution in [0.15, 0.2) is 11.1 Å². The van der Waals surface area contributed by atoms with Gasteiger partial charge < -0.3 is 0 Å². The molecule has 0 fully saturated rings. The van der Waals surface area contributed by atoms with E-state index in [1.807, 2.05) is 0 Å². The van der Waals surface area contributed by atoms with Gasteiger partial charge in [0.25, 0.3) is 16.4 Å². The molecule has 94 valence electrons. The number of nitrogens with two attached hydrogens (primary N) is 1. The summed E-state index contributed by atoms with van der Waals surface area (Å²) < 4.78 is 46.6. The van der Waals surface area contributed by atoms with Gasteiger partial charge in [0.05, 0.1) is 8.49 Å². The van der Waals surface area contributed by atoms with Crippen molar-refractivity contribution in [2.45, 2.75) is 11.5 Å². The topological polar surface area (TPSA) is 116 Å². The molecule has 1 heterocycles. The van der Waals surface area contributed by atoms with Crippen LogP contribution in [0.5, 0.6) is 0 Å². The van der Waals surface area contributed by atoms with Gasteiger partial charge in [0, 0.05) is 0 Å². The van der Waals surface area contributed by atoms with Crippen LogP contribution < -0.4 is 5.14 Å². The van der Waals surface area contributed by atoms with Gasteiger partial charge in [-0.15, -0.1) is 0 Å². The van der Waals surface area contributed by atoms with Crippen LogP contribution in [-0.4, -0.2) is 18.3 Å². The quantitative estimate of drug-likeness (QED) is 0.481. The van der Waals surface area contributed by atoms with Crippen molar-refractivity contribution in [3.63, 3.8) is 0 Å². The summed E-state index contributed by atoms with van der Waals surface area (Å²) in [4.78, 5) is 12.6. The predicted molar refractivity (Wildman–Crippen MR) is 59.9 cm³/mol. The first-order chi connectivity index (χ1) is 7.64. The zero-order chi connectivity index (χ0) is 13.4. The summed E-state index contributed by atoms with van der Waals surface area (Å²) in [5, 5.41) is 14.2. The molecule has 2 N–H and O–H groups in total. The van der Waals surface area contributed by atoms with E-state index in [2.05, 4.69) is 4.98 Å². The Bertz CT molecular complexity index is 577. The number of aromatic nitrogens is 1. The fraction of sp³-hybridized carbons (Fsp3) is 0.167. The molecular weight excluding hydrogens is 375 g/mol. The molecule has 7 nitrogen and oxygen atoms in total. The largest absolute Gasteiger partial charge is 0.321 e. The highest BCUT2D eigenvalue weighted by molar-refractivity contribution is 14.1. The third-order valence-corrected chi connectivity index (χ3v) is 3.26. The van der Waals surface area contributed by atoms with Crippen molar-refractivity contribution in [2.75, 3.05) is 0 Å². The molecule has 0 spiro atoms. The molecule has 0 unspecified atom stereocenters. The number of pyridine rings is 1. The van der Waals surface area contributed by atoms with Gasteiger partial charge >= 0.3 is 5.69 Å². The number of rotatable bonds is 3. The Morgan fingerprint density at radius 1 is 1.53 bits per heavy atom. The Hall–Kier alpha value is -0.950. The second-order valence-corrected chi connectivity index (χ2v) is 5.42. The van der Waals surface area contributed by atoms with Gasteiger partial charge in [-0.2, -0.15) is 0 Å². The maximum atomic E-state index is 12.4. The molecule has 0 saturated carbocycles. The second-order valence-electron chi connectivity index (χ2n) is 2.79. The van der Waals surface area contributed by atoms with Crippen LogP contribution in [0.25, 0.3) is 0 Å². The molecule has 0 bridgehead atoms. The normalized spacial score (nSPS) is 11.8. The standard InChI is InChI=1S/C6H4F2IN3O4S/c7-5(8)3-1-2(9)4(12(13)14)6(11-3)17(10,15)16/h1,5H,(H2,10,15,16). The molecule has 11 heteroatoms. The number of sulfonamides is 1. The molecule has 0 saturated heterocycles. The van der Waals surface area contributed by atoms with Gasteiger partial charge in [0.15, 0.2) is 0 Å². The Morgan fingerprint density at radius 2 is 2.06 bits per heavy atom. The first-order valence-electron chi connectivity index (χ1n) is 3.80. The number of primary sulfonamides is 1. The average Bonchev–Trinajstić information content (AvgIpc) is 2.14. The van der Waals surface area contributed by atoms with Crippen molar-refractivity contribution in [1.82, 2.24) is 4.98 Å². The zero-order valence-electron chi connectivity index (χ0n) is 7.80. The summed E-state index contributed by atoms with van der Waals surface area (Å²) in [6.45, 7) is 0. The van der Waals surface area contributed by atoms with Crippen molar-refractivity contribution in [3.05, 3.63) is 25.4 Å². The second kappa shape index (κ2) is 4.73. The maximum Gasteiger partial charge on any atom is 0.321 e. The smallest absolute Gasteiger partial charge is 0.258 e.